The van der Waals surface area contributed by atoms with Gasteiger partial charge in [0.15, 0.2) is 6.61 Å². The predicted molar refractivity (Wildman–Crippen MR) is 78.3 cm³/mol. The van der Waals surface area contributed by atoms with E-state index >= 15 is 0 Å². The number of rotatable bonds is 5. The van der Waals surface area contributed by atoms with Gasteiger partial charge in [-0.1, -0.05) is 0 Å². The van der Waals surface area contributed by atoms with Crippen molar-refractivity contribution < 1.29 is 19.1 Å². The molecule has 0 spiro atoms. The predicted octanol–water partition coefficient (Wildman–Crippen LogP) is 0.930. The number of aromatic nitrogens is 1. The third-order valence-corrected chi connectivity index (χ3v) is 2.69. The SMILES string of the molecule is COc1ccc(OCC(=O)NNC(=O)c2ccncc2)cc1. The number of methoxy groups -OCH3 is 1. The molecule has 7 nitrogen and oxygen atoms in total. The van der Waals surface area contributed by atoms with E-state index in [9.17, 15) is 9.59 Å². The molecule has 0 bridgehead atoms. The first kappa shape index (κ1) is 15.3. The maximum absolute atomic E-state index is 11.7. The van der Waals surface area contributed by atoms with Crippen LogP contribution in [0.2, 0.25) is 0 Å². The second-order valence-electron chi connectivity index (χ2n) is 4.20. The van der Waals surface area contributed by atoms with Crippen LogP contribution in [0.15, 0.2) is 48.8 Å². The summed E-state index contributed by atoms with van der Waals surface area (Å²) in [5.41, 5.74) is 4.95. The van der Waals surface area contributed by atoms with Crippen LogP contribution >= 0.6 is 0 Å². The molecule has 22 heavy (non-hydrogen) atoms. The van der Waals surface area contributed by atoms with Crippen molar-refractivity contribution in [3.8, 4) is 11.5 Å². The van der Waals surface area contributed by atoms with Crippen LogP contribution < -0.4 is 20.3 Å². The molecule has 1 heterocycles. The maximum Gasteiger partial charge on any atom is 0.276 e. The average molecular weight is 301 g/mol. The minimum absolute atomic E-state index is 0.219. The lowest BCUT2D eigenvalue weighted by Gasteiger charge is -2.09. The van der Waals surface area contributed by atoms with Gasteiger partial charge in [-0.2, -0.15) is 0 Å². The molecule has 1 aromatic heterocycles. The second kappa shape index (κ2) is 7.63. The third-order valence-electron chi connectivity index (χ3n) is 2.69. The van der Waals surface area contributed by atoms with Crippen molar-refractivity contribution in [2.75, 3.05) is 13.7 Å². The number of nitrogens with zero attached hydrogens (tertiary/aromatic N) is 1. The minimum Gasteiger partial charge on any atom is -0.497 e. The van der Waals surface area contributed by atoms with Gasteiger partial charge in [-0.25, -0.2) is 0 Å². The number of amides is 2. The van der Waals surface area contributed by atoms with Gasteiger partial charge in [0.25, 0.3) is 11.8 Å². The van der Waals surface area contributed by atoms with Crippen LogP contribution in [-0.4, -0.2) is 30.5 Å². The van der Waals surface area contributed by atoms with E-state index in [-0.39, 0.29) is 6.61 Å². The summed E-state index contributed by atoms with van der Waals surface area (Å²) in [4.78, 5) is 27.1. The molecule has 0 aliphatic carbocycles. The molecule has 0 fully saturated rings. The number of carbonyl (C=O) groups is 2. The Morgan fingerprint density at radius 2 is 1.64 bits per heavy atom. The summed E-state index contributed by atoms with van der Waals surface area (Å²) in [7, 11) is 1.56. The van der Waals surface area contributed by atoms with Gasteiger partial charge in [0.1, 0.15) is 11.5 Å². The van der Waals surface area contributed by atoms with Crippen molar-refractivity contribution in [1.82, 2.24) is 15.8 Å². The molecule has 0 saturated heterocycles. The van der Waals surface area contributed by atoms with Gasteiger partial charge in [-0.15, -0.1) is 0 Å². The first-order chi connectivity index (χ1) is 10.7. The third kappa shape index (κ3) is 4.48. The fraction of sp³-hybridized carbons (Fsp3) is 0.133. The molecule has 2 rings (SSSR count). The van der Waals surface area contributed by atoms with Gasteiger partial charge in [-0.05, 0) is 36.4 Å². The van der Waals surface area contributed by atoms with E-state index in [4.69, 9.17) is 9.47 Å². The summed E-state index contributed by atoms with van der Waals surface area (Å²) in [6, 6.07) is 9.88. The highest BCUT2D eigenvalue weighted by atomic mass is 16.5. The topological polar surface area (TPSA) is 89.5 Å². The van der Waals surface area contributed by atoms with Gasteiger partial charge in [0, 0.05) is 18.0 Å². The zero-order valence-electron chi connectivity index (χ0n) is 11.9. The van der Waals surface area contributed by atoms with Crippen molar-refractivity contribution in [1.29, 1.82) is 0 Å². The van der Waals surface area contributed by atoms with E-state index in [1.165, 1.54) is 24.5 Å². The fourth-order valence-corrected chi connectivity index (χ4v) is 1.56. The fourth-order valence-electron chi connectivity index (χ4n) is 1.56. The molecule has 114 valence electrons. The molecule has 0 aliphatic rings. The Morgan fingerprint density at radius 1 is 1.00 bits per heavy atom. The Bertz CT molecular complexity index is 629. The quantitative estimate of drug-likeness (QED) is 0.802. The summed E-state index contributed by atoms with van der Waals surface area (Å²) in [6.07, 6.45) is 2.98. The van der Waals surface area contributed by atoms with E-state index in [1.807, 2.05) is 0 Å². The van der Waals surface area contributed by atoms with Gasteiger partial charge >= 0.3 is 0 Å². The number of carbonyl (C=O) groups excluding carboxylic acids is 2. The molecule has 7 heteroatoms. The minimum atomic E-state index is -0.474. The van der Waals surface area contributed by atoms with Crippen LogP contribution in [-0.2, 0) is 4.79 Å². The summed E-state index contributed by atoms with van der Waals surface area (Å²) >= 11 is 0. The van der Waals surface area contributed by atoms with E-state index in [0.29, 0.717) is 17.1 Å². The first-order valence-electron chi connectivity index (χ1n) is 6.45. The lowest BCUT2D eigenvalue weighted by molar-refractivity contribution is -0.123. The highest BCUT2D eigenvalue weighted by Crippen LogP contribution is 2.16. The molecule has 2 N–H and O–H groups in total. The molecule has 2 amide bonds. The Balaban J connectivity index is 1.74. The zero-order chi connectivity index (χ0) is 15.8. The number of pyridine rings is 1. The van der Waals surface area contributed by atoms with Crippen LogP contribution in [0.25, 0.3) is 0 Å². The van der Waals surface area contributed by atoms with E-state index < -0.39 is 11.8 Å². The first-order valence-corrected chi connectivity index (χ1v) is 6.45. The van der Waals surface area contributed by atoms with Crippen molar-refractivity contribution >= 4 is 11.8 Å². The van der Waals surface area contributed by atoms with Gasteiger partial charge in [-0.3, -0.25) is 25.4 Å². The van der Waals surface area contributed by atoms with Crippen molar-refractivity contribution in [3.05, 3.63) is 54.4 Å². The van der Waals surface area contributed by atoms with Crippen LogP contribution in [0.5, 0.6) is 11.5 Å². The van der Waals surface area contributed by atoms with Crippen molar-refractivity contribution in [3.63, 3.8) is 0 Å². The molecular formula is C15H15N3O4. The number of hydrazine groups is 1. The normalized spacial score (nSPS) is 9.68. The van der Waals surface area contributed by atoms with Gasteiger partial charge in [0.05, 0.1) is 7.11 Å². The number of ether oxygens (including phenoxy) is 2. The molecule has 1 aromatic carbocycles. The largest absolute Gasteiger partial charge is 0.497 e. The summed E-state index contributed by atoms with van der Waals surface area (Å²) in [5.74, 6) is 0.316. The molecule has 0 saturated carbocycles. The highest BCUT2D eigenvalue weighted by Gasteiger charge is 2.07. The number of nitrogens with one attached hydrogen (secondary N) is 2. The molecule has 0 aliphatic heterocycles. The molecular weight excluding hydrogens is 286 g/mol. The van der Waals surface area contributed by atoms with Crippen LogP contribution in [0, 0.1) is 0 Å². The molecule has 0 radical (unpaired) electrons. The van der Waals surface area contributed by atoms with Crippen LogP contribution in [0.1, 0.15) is 10.4 Å². The van der Waals surface area contributed by atoms with Crippen LogP contribution in [0.3, 0.4) is 0 Å². The molecule has 2 aromatic rings. The second-order valence-corrected chi connectivity index (χ2v) is 4.20. The highest BCUT2D eigenvalue weighted by molar-refractivity contribution is 5.95. The van der Waals surface area contributed by atoms with Crippen molar-refractivity contribution in [2.45, 2.75) is 0 Å². The lowest BCUT2D eigenvalue weighted by atomic mass is 10.3. The molecule has 0 atom stereocenters. The standard InChI is InChI=1S/C15H15N3O4/c1-21-12-2-4-13(5-3-12)22-10-14(19)17-18-15(20)11-6-8-16-9-7-11/h2-9H,10H2,1H3,(H,17,19)(H,18,20). The average Bonchev–Trinajstić information content (AvgIpc) is 2.59. The Labute approximate surface area is 127 Å². The Hall–Kier alpha value is -3.09. The monoisotopic (exact) mass is 301 g/mol. The van der Waals surface area contributed by atoms with Gasteiger partial charge in [0.2, 0.25) is 0 Å². The maximum atomic E-state index is 11.7. The number of benzene rings is 1. The number of hydrogen-bond acceptors (Lipinski definition) is 5. The van der Waals surface area contributed by atoms with Crippen molar-refractivity contribution in [2.24, 2.45) is 0 Å². The Kier molecular flexibility index (Phi) is 5.31. The summed E-state index contributed by atoms with van der Waals surface area (Å²) in [6.45, 7) is -0.219. The lowest BCUT2D eigenvalue weighted by Crippen LogP contribution is -2.43. The number of hydrogen-bond donors (Lipinski definition) is 2. The van der Waals surface area contributed by atoms with E-state index in [1.54, 1.807) is 31.4 Å². The van der Waals surface area contributed by atoms with Crippen LogP contribution in [0.4, 0.5) is 0 Å². The zero-order valence-corrected chi connectivity index (χ0v) is 11.9. The summed E-state index contributed by atoms with van der Waals surface area (Å²) < 4.78 is 10.3. The van der Waals surface area contributed by atoms with E-state index in [2.05, 4.69) is 15.8 Å². The smallest absolute Gasteiger partial charge is 0.276 e. The summed E-state index contributed by atoms with van der Waals surface area (Å²) in [5, 5.41) is 0. The Morgan fingerprint density at radius 3 is 2.27 bits per heavy atom. The van der Waals surface area contributed by atoms with E-state index in [0.717, 1.165) is 0 Å². The molecule has 0 unspecified atom stereocenters. The van der Waals surface area contributed by atoms with Gasteiger partial charge < -0.3 is 9.47 Å².